The van der Waals surface area contributed by atoms with Gasteiger partial charge in [0.25, 0.3) is 0 Å². The maximum atomic E-state index is 12.3. The Hall–Kier alpha value is -1.76. The van der Waals surface area contributed by atoms with E-state index in [1.807, 2.05) is 0 Å². The predicted octanol–water partition coefficient (Wildman–Crippen LogP) is 1.90. The van der Waals surface area contributed by atoms with Gasteiger partial charge in [-0.2, -0.15) is 0 Å². The molecule has 0 aliphatic carbocycles. The SMILES string of the molecule is CCOC(=O)c1c(C)[nH]c(C)c1C(=O)CSCC(=O)OC. The molecule has 0 aromatic carbocycles. The number of hydrogen-bond acceptors (Lipinski definition) is 6. The zero-order valence-electron chi connectivity index (χ0n) is 12.6. The molecule has 7 heteroatoms. The molecular weight excluding hydrogens is 294 g/mol. The number of aryl methyl sites for hydroxylation is 2. The van der Waals surface area contributed by atoms with Crippen LogP contribution in [0.4, 0.5) is 0 Å². The molecule has 0 saturated carbocycles. The third-order valence-electron chi connectivity index (χ3n) is 2.81. The van der Waals surface area contributed by atoms with Crippen LogP contribution in [-0.2, 0) is 14.3 Å². The highest BCUT2D eigenvalue weighted by atomic mass is 32.2. The summed E-state index contributed by atoms with van der Waals surface area (Å²) in [6.45, 7) is 5.40. The van der Waals surface area contributed by atoms with Gasteiger partial charge >= 0.3 is 11.9 Å². The fourth-order valence-electron chi connectivity index (χ4n) is 1.95. The van der Waals surface area contributed by atoms with Crippen LogP contribution in [0, 0.1) is 13.8 Å². The highest BCUT2D eigenvalue weighted by molar-refractivity contribution is 8.00. The summed E-state index contributed by atoms with van der Waals surface area (Å²) in [6.07, 6.45) is 0. The summed E-state index contributed by atoms with van der Waals surface area (Å²) in [5.41, 5.74) is 1.84. The van der Waals surface area contributed by atoms with Crippen LogP contribution < -0.4 is 0 Å². The van der Waals surface area contributed by atoms with Gasteiger partial charge in [-0.1, -0.05) is 0 Å². The van der Waals surface area contributed by atoms with Crippen molar-refractivity contribution in [1.29, 1.82) is 0 Å². The number of aromatic nitrogens is 1. The molecule has 0 aliphatic heterocycles. The molecule has 0 amide bonds. The first-order chi connectivity index (χ1) is 9.92. The van der Waals surface area contributed by atoms with Crippen LogP contribution in [-0.4, -0.2) is 47.9 Å². The molecule has 0 atom stereocenters. The third-order valence-corrected chi connectivity index (χ3v) is 3.72. The molecule has 0 spiro atoms. The lowest BCUT2D eigenvalue weighted by Crippen LogP contribution is -2.14. The second-order valence-electron chi connectivity index (χ2n) is 4.34. The third kappa shape index (κ3) is 4.35. The van der Waals surface area contributed by atoms with E-state index in [-0.39, 0.29) is 35.4 Å². The smallest absolute Gasteiger partial charge is 0.340 e. The molecule has 1 aromatic rings. The van der Waals surface area contributed by atoms with Crippen molar-refractivity contribution in [3.8, 4) is 0 Å². The van der Waals surface area contributed by atoms with Crippen molar-refractivity contribution in [1.82, 2.24) is 4.98 Å². The molecule has 1 aromatic heterocycles. The lowest BCUT2D eigenvalue weighted by molar-refractivity contribution is -0.137. The summed E-state index contributed by atoms with van der Waals surface area (Å²) in [7, 11) is 1.29. The van der Waals surface area contributed by atoms with Gasteiger partial charge in [0.15, 0.2) is 5.78 Å². The first-order valence-corrected chi connectivity index (χ1v) is 7.61. The van der Waals surface area contributed by atoms with Gasteiger partial charge in [-0.15, -0.1) is 11.8 Å². The lowest BCUT2D eigenvalue weighted by atomic mass is 10.1. The number of rotatable bonds is 7. The van der Waals surface area contributed by atoms with Gasteiger partial charge in [-0.3, -0.25) is 9.59 Å². The Morgan fingerprint density at radius 1 is 1.10 bits per heavy atom. The van der Waals surface area contributed by atoms with Gasteiger partial charge in [0, 0.05) is 11.4 Å². The highest BCUT2D eigenvalue weighted by Crippen LogP contribution is 2.21. The van der Waals surface area contributed by atoms with Crippen molar-refractivity contribution in [3.05, 3.63) is 22.5 Å². The van der Waals surface area contributed by atoms with E-state index in [2.05, 4.69) is 9.72 Å². The van der Waals surface area contributed by atoms with Gasteiger partial charge in [0.05, 0.1) is 36.3 Å². The Bertz CT molecular complexity index is 550. The number of aromatic amines is 1. The second-order valence-corrected chi connectivity index (χ2v) is 5.32. The molecule has 0 saturated heterocycles. The number of Topliss-reactive ketones (excluding diaryl/α,β-unsaturated/α-hetero) is 1. The lowest BCUT2D eigenvalue weighted by Gasteiger charge is -2.05. The predicted molar refractivity (Wildman–Crippen MR) is 79.9 cm³/mol. The van der Waals surface area contributed by atoms with Crippen LogP contribution >= 0.6 is 11.8 Å². The van der Waals surface area contributed by atoms with Crippen LogP contribution in [0.25, 0.3) is 0 Å². The number of carbonyl (C=O) groups excluding carboxylic acids is 3. The molecule has 1 rings (SSSR count). The van der Waals surface area contributed by atoms with E-state index in [4.69, 9.17) is 4.74 Å². The van der Waals surface area contributed by atoms with Crippen molar-refractivity contribution in [3.63, 3.8) is 0 Å². The number of nitrogens with one attached hydrogen (secondary N) is 1. The van der Waals surface area contributed by atoms with Crippen molar-refractivity contribution in [2.75, 3.05) is 25.2 Å². The summed E-state index contributed by atoms with van der Waals surface area (Å²) in [5, 5.41) is 0. The fourth-order valence-corrected chi connectivity index (χ4v) is 2.66. The molecule has 21 heavy (non-hydrogen) atoms. The number of ketones is 1. The van der Waals surface area contributed by atoms with Gasteiger partial charge in [-0.05, 0) is 20.8 Å². The quantitative estimate of drug-likeness (QED) is 0.611. The summed E-state index contributed by atoms with van der Waals surface area (Å²) >= 11 is 1.15. The Kier molecular flexibility index (Phi) is 6.48. The maximum absolute atomic E-state index is 12.3. The minimum atomic E-state index is -0.513. The van der Waals surface area contributed by atoms with E-state index < -0.39 is 5.97 Å². The average molecular weight is 313 g/mol. The van der Waals surface area contributed by atoms with Crippen LogP contribution in [0.3, 0.4) is 0 Å². The largest absolute Gasteiger partial charge is 0.468 e. The molecule has 1 N–H and O–H groups in total. The average Bonchev–Trinajstić information content (AvgIpc) is 2.73. The summed E-state index contributed by atoms with van der Waals surface area (Å²) < 4.78 is 9.49. The molecule has 0 bridgehead atoms. The van der Waals surface area contributed by atoms with Crippen molar-refractivity contribution >= 4 is 29.5 Å². The van der Waals surface area contributed by atoms with Gasteiger partial charge in [-0.25, -0.2) is 4.79 Å². The normalized spacial score (nSPS) is 10.3. The molecule has 0 aliphatic rings. The number of thioether (sulfide) groups is 1. The molecule has 0 fully saturated rings. The molecule has 1 heterocycles. The Morgan fingerprint density at radius 3 is 2.29 bits per heavy atom. The molecule has 6 nitrogen and oxygen atoms in total. The van der Waals surface area contributed by atoms with Gasteiger partial charge < -0.3 is 14.5 Å². The number of esters is 2. The zero-order valence-corrected chi connectivity index (χ0v) is 13.4. The Morgan fingerprint density at radius 2 is 1.71 bits per heavy atom. The van der Waals surface area contributed by atoms with Gasteiger partial charge in [0.1, 0.15) is 0 Å². The molecule has 0 unspecified atom stereocenters. The van der Waals surface area contributed by atoms with Crippen molar-refractivity contribution in [2.45, 2.75) is 20.8 Å². The van der Waals surface area contributed by atoms with Crippen LogP contribution in [0.15, 0.2) is 0 Å². The van der Waals surface area contributed by atoms with E-state index in [0.717, 1.165) is 11.8 Å². The van der Waals surface area contributed by atoms with Crippen molar-refractivity contribution in [2.24, 2.45) is 0 Å². The fraction of sp³-hybridized carbons (Fsp3) is 0.500. The van der Waals surface area contributed by atoms with Gasteiger partial charge in [0.2, 0.25) is 0 Å². The number of ether oxygens (including phenoxy) is 2. The van der Waals surface area contributed by atoms with E-state index in [1.165, 1.54) is 7.11 Å². The number of hydrogen-bond donors (Lipinski definition) is 1. The Labute approximate surface area is 127 Å². The maximum Gasteiger partial charge on any atom is 0.340 e. The van der Waals surface area contributed by atoms with E-state index in [9.17, 15) is 14.4 Å². The van der Waals surface area contributed by atoms with E-state index in [0.29, 0.717) is 17.0 Å². The van der Waals surface area contributed by atoms with E-state index in [1.54, 1.807) is 20.8 Å². The van der Waals surface area contributed by atoms with Crippen LogP contribution in [0.1, 0.15) is 39.0 Å². The standard InChI is InChI=1S/C14H19NO5S/c1-5-20-14(18)13-9(3)15-8(2)12(13)10(16)6-21-7-11(17)19-4/h15H,5-7H2,1-4H3. The van der Waals surface area contributed by atoms with Crippen molar-refractivity contribution < 1.29 is 23.9 Å². The summed E-state index contributed by atoms with van der Waals surface area (Å²) in [4.78, 5) is 38.2. The topological polar surface area (TPSA) is 85.5 Å². The molecule has 0 radical (unpaired) electrons. The Balaban J connectivity index is 2.88. The van der Waals surface area contributed by atoms with Crippen LogP contribution in [0.5, 0.6) is 0 Å². The number of carbonyl (C=O) groups is 3. The first kappa shape index (κ1) is 17.3. The minimum Gasteiger partial charge on any atom is -0.468 e. The molecule has 116 valence electrons. The number of H-pyrrole nitrogens is 1. The van der Waals surface area contributed by atoms with E-state index >= 15 is 0 Å². The summed E-state index contributed by atoms with van der Waals surface area (Å²) in [5.74, 6) is -0.922. The highest BCUT2D eigenvalue weighted by Gasteiger charge is 2.25. The monoisotopic (exact) mass is 313 g/mol. The second kappa shape index (κ2) is 7.87. The van der Waals surface area contributed by atoms with Crippen LogP contribution in [0.2, 0.25) is 0 Å². The minimum absolute atomic E-state index is 0.0967. The summed E-state index contributed by atoms with van der Waals surface area (Å²) in [6, 6.07) is 0. The molecular formula is C14H19NO5S. The first-order valence-electron chi connectivity index (χ1n) is 6.46. The zero-order chi connectivity index (χ0) is 16.0. The number of methoxy groups -OCH3 is 1.